The number of hydrogen-bond acceptors (Lipinski definition) is 3. The van der Waals surface area contributed by atoms with Crippen LogP contribution in [0, 0.1) is 38.5 Å². The van der Waals surface area contributed by atoms with Crippen LogP contribution >= 0.6 is 0 Å². The second-order valence-electron chi connectivity index (χ2n) is 13.1. The van der Waals surface area contributed by atoms with Gasteiger partial charge in [-0.15, -0.1) is 0 Å². The molecule has 0 bridgehead atoms. The van der Waals surface area contributed by atoms with Gasteiger partial charge in [0.25, 0.3) is 0 Å². The molecule has 0 fully saturated rings. The van der Waals surface area contributed by atoms with Gasteiger partial charge in [0.15, 0.2) is 0 Å². The molecule has 0 saturated heterocycles. The number of hydrogen-bond donors (Lipinski definition) is 0. The van der Waals surface area contributed by atoms with Crippen molar-refractivity contribution in [3.63, 3.8) is 0 Å². The number of fused-ring (bicyclic) bond motifs is 1. The first-order chi connectivity index (χ1) is 17.4. The number of rotatable bonds is 17. The molecule has 3 atom stereocenters. The van der Waals surface area contributed by atoms with Crippen LogP contribution in [0.2, 0.25) is 0 Å². The number of Topliss-reactive ketones (excluding diaryl/α,β-unsaturated/α-hetero) is 1. The first kappa shape index (κ1) is 31.7. The molecule has 0 saturated carbocycles. The standard InChI is InChI=1S/C34H58O3/c1-24(2)14-10-15-25(3)16-11-17-26(4)18-12-21-34(9)22-20-31-30(8)32(36-23-13-19-27(5)35)28(6)29(7)33(31)37-34/h24-26H,10-23H2,1-9H3/t25-,26?,34-/m1/s1. The Labute approximate surface area is 229 Å². The average molecular weight is 515 g/mol. The summed E-state index contributed by atoms with van der Waals surface area (Å²) in [5, 5.41) is 0. The molecule has 0 aromatic heterocycles. The van der Waals surface area contributed by atoms with E-state index in [0.717, 1.165) is 54.9 Å². The topological polar surface area (TPSA) is 35.5 Å². The monoisotopic (exact) mass is 514 g/mol. The van der Waals surface area contributed by atoms with E-state index in [-0.39, 0.29) is 11.4 Å². The molecule has 3 nitrogen and oxygen atoms in total. The van der Waals surface area contributed by atoms with E-state index in [0.29, 0.717) is 13.0 Å². The summed E-state index contributed by atoms with van der Waals surface area (Å²) in [5.41, 5.74) is 4.85. The Morgan fingerprint density at radius 2 is 1.46 bits per heavy atom. The summed E-state index contributed by atoms with van der Waals surface area (Å²) >= 11 is 0. The first-order valence-electron chi connectivity index (χ1n) is 15.4. The number of ether oxygens (including phenoxy) is 2. The fourth-order valence-electron chi connectivity index (χ4n) is 5.97. The molecule has 37 heavy (non-hydrogen) atoms. The maximum atomic E-state index is 11.3. The predicted octanol–water partition coefficient (Wildman–Crippen LogP) is 9.88. The maximum absolute atomic E-state index is 11.3. The van der Waals surface area contributed by atoms with E-state index in [1.165, 1.54) is 73.6 Å². The van der Waals surface area contributed by atoms with Crippen LogP contribution in [0.25, 0.3) is 0 Å². The highest BCUT2D eigenvalue weighted by Crippen LogP contribution is 2.45. The Bertz CT molecular complexity index is 855. The van der Waals surface area contributed by atoms with Crippen molar-refractivity contribution >= 4 is 5.78 Å². The van der Waals surface area contributed by atoms with Crippen molar-refractivity contribution in [2.45, 2.75) is 151 Å². The van der Waals surface area contributed by atoms with Crippen molar-refractivity contribution in [2.75, 3.05) is 6.61 Å². The molecular formula is C34H58O3. The van der Waals surface area contributed by atoms with Crippen molar-refractivity contribution in [1.82, 2.24) is 0 Å². The van der Waals surface area contributed by atoms with Gasteiger partial charge in [0.05, 0.1) is 6.61 Å². The number of carbonyl (C=O) groups excluding carboxylic acids is 1. The van der Waals surface area contributed by atoms with E-state index in [1.54, 1.807) is 6.92 Å². The van der Waals surface area contributed by atoms with Crippen LogP contribution < -0.4 is 9.47 Å². The van der Waals surface area contributed by atoms with E-state index in [4.69, 9.17) is 9.47 Å². The van der Waals surface area contributed by atoms with Gasteiger partial charge in [-0.25, -0.2) is 0 Å². The third-order valence-corrected chi connectivity index (χ3v) is 8.76. The highest BCUT2D eigenvalue weighted by molar-refractivity contribution is 5.75. The lowest BCUT2D eigenvalue weighted by Gasteiger charge is -2.38. The minimum Gasteiger partial charge on any atom is -0.493 e. The Morgan fingerprint density at radius 1 is 0.865 bits per heavy atom. The van der Waals surface area contributed by atoms with E-state index in [2.05, 4.69) is 55.4 Å². The zero-order valence-corrected chi connectivity index (χ0v) is 25.9. The number of benzene rings is 1. The molecular weight excluding hydrogens is 456 g/mol. The summed E-state index contributed by atoms with van der Waals surface area (Å²) in [7, 11) is 0. The smallest absolute Gasteiger partial charge is 0.129 e. The third kappa shape index (κ3) is 10.3. The summed E-state index contributed by atoms with van der Waals surface area (Å²) in [6, 6.07) is 0. The fourth-order valence-corrected chi connectivity index (χ4v) is 5.97. The van der Waals surface area contributed by atoms with E-state index in [9.17, 15) is 4.79 Å². The van der Waals surface area contributed by atoms with Gasteiger partial charge in [-0.1, -0.05) is 72.6 Å². The van der Waals surface area contributed by atoms with Crippen LogP contribution in [-0.4, -0.2) is 18.0 Å². The van der Waals surface area contributed by atoms with Gasteiger partial charge >= 0.3 is 0 Å². The molecule has 3 heteroatoms. The van der Waals surface area contributed by atoms with Crippen molar-refractivity contribution < 1.29 is 14.3 Å². The van der Waals surface area contributed by atoms with E-state index < -0.39 is 0 Å². The minimum absolute atomic E-state index is 0.0782. The van der Waals surface area contributed by atoms with Gasteiger partial charge < -0.3 is 14.3 Å². The van der Waals surface area contributed by atoms with Crippen molar-refractivity contribution in [2.24, 2.45) is 17.8 Å². The van der Waals surface area contributed by atoms with Crippen LogP contribution in [0.3, 0.4) is 0 Å². The van der Waals surface area contributed by atoms with Crippen molar-refractivity contribution in [1.29, 1.82) is 0 Å². The molecule has 1 aliphatic heterocycles. The molecule has 1 unspecified atom stereocenters. The van der Waals surface area contributed by atoms with Crippen LogP contribution in [0.4, 0.5) is 0 Å². The lowest BCUT2D eigenvalue weighted by atomic mass is 9.83. The van der Waals surface area contributed by atoms with Gasteiger partial charge in [0, 0.05) is 12.0 Å². The largest absolute Gasteiger partial charge is 0.493 e. The molecule has 1 aromatic rings. The van der Waals surface area contributed by atoms with E-state index in [1.807, 2.05) is 0 Å². The van der Waals surface area contributed by atoms with Crippen molar-refractivity contribution in [3.05, 3.63) is 22.3 Å². The molecule has 0 radical (unpaired) electrons. The van der Waals surface area contributed by atoms with E-state index >= 15 is 0 Å². The van der Waals surface area contributed by atoms with Gasteiger partial charge in [0.1, 0.15) is 22.9 Å². The summed E-state index contributed by atoms with van der Waals surface area (Å²) in [6.07, 6.45) is 15.4. The molecule has 1 aliphatic rings. The predicted molar refractivity (Wildman–Crippen MR) is 158 cm³/mol. The van der Waals surface area contributed by atoms with Gasteiger partial charge in [-0.2, -0.15) is 0 Å². The maximum Gasteiger partial charge on any atom is 0.129 e. The summed E-state index contributed by atoms with van der Waals surface area (Å²) < 4.78 is 12.9. The zero-order valence-electron chi connectivity index (χ0n) is 25.9. The number of carbonyl (C=O) groups is 1. The second kappa shape index (κ2) is 15.2. The van der Waals surface area contributed by atoms with Gasteiger partial charge in [0.2, 0.25) is 0 Å². The average Bonchev–Trinajstić information content (AvgIpc) is 2.81. The Kier molecular flexibility index (Phi) is 13.0. The zero-order chi connectivity index (χ0) is 27.6. The lowest BCUT2D eigenvalue weighted by molar-refractivity contribution is -0.117. The van der Waals surface area contributed by atoms with Crippen LogP contribution in [0.5, 0.6) is 11.5 Å². The molecule has 212 valence electrons. The molecule has 2 rings (SSSR count). The summed E-state index contributed by atoms with van der Waals surface area (Å²) in [6.45, 7) is 20.6. The highest BCUT2D eigenvalue weighted by Gasteiger charge is 2.34. The SMILES string of the molecule is CC(=O)CCCOc1c(C)c(C)c2c(c1C)CC[C@@](C)(CCCC(C)CCC[C@H](C)CCCC(C)C)O2. The molecule has 1 heterocycles. The van der Waals surface area contributed by atoms with Gasteiger partial charge in [-0.3, -0.25) is 0 Å². The highest BCUT2D eigenvalue weighted by atomic mass is 16.5. The Morgan fingerprint density at radius 3 is 2.05 bits per heavy atom. The first-order valence-corrected chi connectivity index (χ1v) is 15.4. The number of ketones is 1. The lowest BCUT2D eigenvalue weighted by Crippen LogP contribution is -2.37. The Balaban J connectivity index is 1.82. The molecule has 0 N–H and O–H groups in total. The minimum atomic E-state index is -0.0782. The fraction of sp³-hybridized carbons (Fsp3) is 0.794. The summed E-state index contributed by atoms with van der Waals surface area (Å²) in [5.74, 6) is 4.84. The van der Waals surface area contributed by atoms with Crippen molar-refractivity contribution in [3.8, 4) is 11.5 Å². The molecule has 0 spiro atoms. The van der Waals surface area contributed by atoms with Gasteiger partial charge in [-0.05, 0) is 101 Å². The Hall–Kier alpha value is -1.51. The second-order valence-corrected chi connectivity index (χ2v) is 13.1. The molecule has 0 aliphatic carbocycles. The van der Waals surface area contributed by atoms with Crippen LogP contribution in [-0.2, 0) is 11.2 Å². The molecule has 0 amide bonds. The third-order valence-electron chi connectivity index (χ3n) is 8.76. The quantitative estimate of drug-likeness (QED) is 0.194. The normalized spacial score (nSPS) is 18.9. The summed E-state index contributed by atoms with van der Waals surface area (Å²) in [4.78, 5) is 11.3. The molecule has 1 aromatic carbocycles. The van der Waals surface area contributed by atoms with Crippen LogP contribution in [0.15, 0.2) is 0 Å². The van der Waals surface area contributed by atoms with Crippen LogP contribution in [0.1, 0.15) is 141 Å².